The van der Waals surface area contributed by atoms with Gasteiger partial charge < -0.3 is 20.6 Å². The molecule has 116 valence electrons. The van der Waals surface area contributed by atoms with Crippen LogP contribution in [0.15, 0.2) is 35.2 Å². The molecule has 0 fully saturated rings. The van der Waals surface area contributed by atoms with Gasteiger partial charge in [-0.1, -0.05) is 24.3 Å². The first-order chi connectivity index (χ1) is 10.4. The Kier molecular flexibility index (Phi) is 4.77. The molecule has 1 atom stereocenters. The Bertz CT molecular complexity index is 731. The zero-order chi connectivity index (χ0) is 16.3. The van der Waals surface area contributed by atoms with Crippen molar-refractivity contribution in [3.8, 4) is 11.5 Å². The molecule has 0 saturated carbocycles. The number of fused-ring (bicyclic) bond motifs is 1. The lowest BCUT2D eigenvalue weighted by atomic mass is 10.1. The Hall–Kier alpha value is -2.41. The van der Waals surface area contributed by atoms with Gasteiger partial charge in [0.15, 0.2) is 11.5 Å². The fourth-order valence-electron chi connectivity index (χ4n) is 2.03. The van der Waals surface area contributed by atoms with Gasteiger partial charge in [-0.15, -0.1) is 11.8 Å². The van der Waals surface area contributed by atoms with E-state index in [1.54, 1.807) is 24.3 Å². The number of aromatic hydroxyl groups is 2. The van der Waals surface area contributed by atoms with E-state index in [0.29, 0.717) is 15.7 Å². The van der Waals surface area contributed by atoms with E-state index in [0.717, 1.165) is 0 Å². The average molecular weight is 321 g/mol. The molecule has 4 N–H and O–H groups in total. The fraction of sp³-hybridized carbons (Fsp3) is 0.200. The minimum atomic E-state index is -1.13. The zero-order valence-electron chi connectivity index (χ0n) is 11.7. The second kappa shape index (κ2) is 6.57. The lowest BCUT2D eigenvalue weighted by molar-refractivity contribution is -0.140. The van der Waals surface area contributed by atoms with Gasteiger partial charge in [0.05, 0.1) is 0 Å². The minimum Gasteiger partial charge on any atom is -0.504 e. The molecule has 0 radical (unpaired) electrons. The van der Waals surface area contributed by atoms with Gasteiger partial charge in [-0.25, -0.2) is 4.79 Å². The summed E-state index contributed by atoms with van der Waals surface area (Å²) in [4.78, 5) is 22.8. The van der Waals surface area contributed by atoms with Crippen LogP contribution in [0.2, 0.25) is 0 Å². The lowest BCUT2D eigenvalue weighted by Crippen LogP contribution is -2.41. The van der Waals surface area contributed by atoms with Gasteiger partial charge in [0.1, 0.15) is 6.04 Å². The van der Waals surface area contributed by atoms with E-state index in [4.69, 9.17) is 5.11 Å². The molecule has 22 heavy (non-hydrogen) atoms. The van der Waals surface area contributed by atoms with Crippen LogP contribution < -0.4 is 5.32 Å². The number of nitrogens with one attached hydrogen (secondary N) is 1. The van der Waals surface area contributed by atoms with Gasteiger partial charge in [0, 0.05) is 23.0 Å². The molecule has 6 nitrogen and oxygen atoms in total. The maximum atomic E-state index is 11.1. The summed E-state index contributed by atoms with van der Waals surface area (Å²) in [5.41, 5.74) is 0. The number of carboxylic acid groups (broad SMARTS) is 1. The number of rotatable bonds is 5. The number of carbonyl (C=O) groups excluding carboxylic acids is 1. The summed E-state index contributed by atoms with van der Waals surface area (Å²) in [6.07, 6.45) is 0. The summed E-state index contributed by atoms with van der Waals surface area (Å²) in [6.45, 7) is 1.25. The van der Waals surface area contributed by atoms with Crippen LogP contribution >= 0.6 is 11.8 Å². The Morgan fingerprint density at radius 3 is 2.45 bits per heavy atom. The second-order valence-corrected chi connectivity index (χ2v) is 5.75. The normalized spacial score (nSPS) is 12.0. The summed E-state index contributed by atoms with van der Waals surface area (Å²) < 4.78 is 0. The highest BCUT2D eigenvalue weighted by atomic mass is 32.2. The van der Waals surface area contributed by atoms with E-state index in [1.165, 1.54) is 24.8 Å². The average Bonchev–Trinajstić information content (AvgIpc) is 2.47. The van der Waals surface area contributed by atoms with E-state index < -0.39 is 17.9 Å². The van der Waals surface area contributed by atoms with Gasteiger partial charge in [0.2, 0.25) is 5.91 Å². The summed E-state index contributed by atoms with van der Waals surface area (Å²) in [5, 5.41) is 32.3. The van der Waals surface area contributed by atoms with Crippen LogP contribution in [0.4, 0.5) is 0 Å². The summed E-state index contributed by atoms with van der Waals surface area (Å²) in [6, 6.07) is 7.30. The van der Waals surface area contributed by atoms with Crippen molar-refractivity contribution in [2.45, 2.75) is 17.9 Å². The van der Waals surface area contributed by atoms with Gasteiger partial charge in [0.25, 0.3) is 0 Å². The lowest BCUT2D eigenvalue weighted by Gasteiger charge is -2.14. The van der Waals surface area contributed by atoms with Crippen molar-refractivity contribution in [2.75, 3.05) is 5.75 Å². The number of carbonyl (C=O) groups is 2. The maximum Gasteiger partial charge on any atom is 0.327 e. The van der Waals surface area contributed by atoms with Crippen LogP contribution in [-0.2, 0) is 9.59 Å². The van der Waals surface area contributed by atoms with Crippen LogP contribution in [0.5, 0.6) is 11.5 Å². The number of carboxylic acids is 1. The molecule has 0 spiro atoms. The molecular formula is C15H15NO5S. The van der Waals surface area contributed by atoms with Crippen LogP contribution in [0.1, 0.15) is 6.92 Å². The highest BCUT2D eigenvalue weighted by Gasteiger charge is 2.20. The molecule has 0 heterocycles. The quantitative estimate of drug-likeness (QED) is 0.495. The van der Waals surface area contributed by atoms with E-state index >= 15 is 0 Å². The number of hydrogen-bond donors (Lipinski definition) is 4. The smallest absolute Gasteiger partial charge is 0.327 e. The van der Waals surface area contributed by atoms with Crippen molar-refractivity contribution in [2.24, 2.45) is 0 Å². The van der Waals surface area contributed by atoms with Gasteiger partial charge in [-0.05, 0) is 11.5 Å². The second-order valence-electron chi connectivity index (χ2n) is 4.69. The SMILES string of the molecule is CC(=O)NC(CSc1cc(O)c(O)c2ccccc12)C(=O)O. The minimum absolute atomic E-state index is 0.100. The zero-order valence-corrected chi connectivity index (χ0v) is 12.6. The molecule has 0 saturated heterocycles. The molecule has 2 rings (SSSR count). The molecule has 2 aromatic rings. The topological polar surface area (TPSA) is 107 Å². The van der Waals surface area contributed by atoms with Crippen LogP contribution in [0.25, 0.3) is 10.8 Å². The third-order valence-corrected chi connectivity index (χ3v) is 4.19. The number of aliphatic carboxylic acids is 1. The summed E-state index contributed by atoms with van der Waals surface area (Å²) in [5.74, 6) is -1.94. The largest absolute Gasteiger partial charge is 0.504 e. The van der Waals surface area contributed by atoms with Gasteiger partial charge >= 0.3 is 5.97 Å². The monoisotopic (exact) mass is 321 g/mol. The van der Waals surface area contributed by atoms with Crippen molar-refractivity contribution >= 4 is 34.4 Å². The van der Waals surface area contributed by atoms with Gasteiger partial charge in [-0.3, -0.25) is 4.79 Å². The highest BCUT2D eigenvalue weighted by molar-refractivity contribution is 7.99. The number of thioether (sulfide) groups is 1. The number of phenols is 2. The molecule has 2 aromatic carbocycles. The van der Waals surface area contributed by atoms with E-state index in [9.17, 15) is 19.8 Å². The standard InChI is InChI=1S/C15H15NO5S/c1-8(17)16-11(15(20)21)7-22-13-6-12(18)14(19)10-5-3-2-4-9(10)13/h2-6,11,18-19H,7H2,1H3,(H,16,17)(H,20,21). The van der Waals surface area contributed by atoms with Crippen molar-refractivity contribution in [1.29, 1.82) is 0 Å². The maximum absolute atomic E-state index is 11.1. The van der Waals surface area contributed by atoms with Crippen LogP contribution in [0, 0.1) is 0 Å². The molecule has 0 aliphatic heterocycles. The first-order valence-corrected chi connectivity index (χ1v) is 7.45. The van der Waals surface area contributed by atoms with Gasteiger partial charge in [-0.2, -0.15) is 0 Å². The van der Waals surface area contributed by atoms with Crippen molar-refractivity contribution in [3.05, 3.63) is 30.3 Å². The number of benzene rings is 2. The molecule has 0 aromatic heterocycles. The van der Waals surface area contributed by atoms with Crippen molar-refractivity contribution < 1.29 is 24.9 Å². The summed E-state index contributed by atoms with van der Waals surface area (Å²) >= 11 is 1.18. The highest BCUT2D eigenvalue weighted by Crippen LogP contribution is 2.40. The predicted octanol–water partition coefficient (Wildman–Crippen LogP) is 1.93. The number of hydrogen-bond acceptors (Lipinski definition) is 5. The molecule has 0 aliphatic rings. The number of phenolic OH excluding ortho intramolecular Hbond substituents is 2. The van der Waals surface area contributed by atoms with Crippen LogP contribution in [0.3, 0.4) is 0 Å². The molecule has 0 bridgehead atoms. The molecule has 1 unspecified atom stereocenters. The third-order valence-electron chi connectivity index (χ3n) is 3.04. The van der Waals surface area contributed by atoms with Crippen molar-refractivity contribution in [1.82, 2.24) is 5.32 Å². The van der Waals surface area contributed by atoms with E-state index in [2.05, 4.69) is 5.32 Å². The van der Waals surface area contributed by atoms with Crippen molar-refractivity contribution in [3.63, 3.8) is 0 Å². The Morgan fingerprint density at radius 2 is 1.86 bits per heavy atom. The fourth-order valence-corrected chi connectivity index (χ4v) is 3.13. The van der Waals surface area contributed by atoms with E-state index in [1.807, 2.05) is 0 Å². The molecule has 1 amide bonds. The molecule has 0 aliphatic carbocycles. The Labute approximate surface area is 130 Å². The third kappa shape index (κ3) is 3.43. The predicted molar refractivity (Wildman–Crippen MR) is 83.2 cm³/mol. The Morgan fingerprint density at radius 1 is 1.23 bits per heavy atom. The molecule has 7 heteroatoms. The first-order valence-electron chi connectivity index (χ1n) is 6.46. The summed E-state index contributed by atoms with van der Waals surface area (Å²) in [7, 11) is 0. The van der Waals surface area contributed by atoms with Crippen LogP contribution in [-0.4, -0.2) is 39.0 Å². The Balaban J connectivity index is 2.30. The molecular weight excluding hydrogens is 306 g/mol. The number of amides is 1. The van der Waals surface area contributed by atoms with E-state index in [-0.39, 0.29) is 17.3 Å². The first kappa shape index (κ1) is 16.0.